The summed E-state index contributed by atoms with van der Waals surface area (Å²) in [6.45, 7) is 0. The van der Waals surface area contributed by atoms with Crippen molar-refractivity contribution in [2.75, 3.05) is 5.01 Å². The molecule has 5 heteroatoms. The van der Waals surface area contributed by atoms with Gasteiger partial charge in [-0.15, -0.1) is 0 Å². The zero-order valence-corrected chi connectivity index (χ0v) is 7.92. The summed E-state index contributed by atoms with van der Waals surface area (Å²) in [5.41, 5.74) is 0.999. The van der Waals surface area contributed by atoms with Gasteiger partial charge in [-0.2, -0.15) is 0 Å². The number of carbonyl (C=O) groups is 1. The van der Waals surface area contributed by atoms with Crippen molar-refractivity contribution in [1.29, 1.82) is 0 Å². The number of nitrogens with zero attached hydrogens (tertiary/aromatic N) is 2. The molecule has 0 unspecified atom stereocenters. The number of benzene rings is 1. The molecule has 2 aromatic rings. The Morgan fingerprint density at radius 3 is 2.67 bits per heavy atom. The van der Waals surface area contributed by atoms with Gasteiger partial charge in [-0.25, -0.2) is 15.8 Å². The number of aromatic amines is 1. The minimum atomic E-state index is -0.321. The van der Waals surface area contributed by atoms with Crippen LogP contribution in [0.2, 0.25) is 0 Å². The van der Waals surface area contributed by atoms with Crippen LogP contribution in [-0.2, 0) is 0 Å². The molecule has 2 rings (SSSR count). The second-order valence-corrected chi connectivity index (χ2v) is 2.98. The fourth-order valence-corrected chi connectivity index (χ4v) is 1.21. The molecule has 1 aromatic carbocycles. The van der Waals surface area contributed by atoms with E-state index in [1.54, 1.807) is 12.1 Å². The van der Waals surface area contributed by atoms with Gasteiger partial charge in [0, 0.05) is 0 Å². The maximum atomic E-state index is 11.7. The predicted octanol–water partition coefficient (Wildman–Crippen LogP) is 0.930. The molecular weight excluding hydrogens is 192 g/mol. The number of aromatic nitrogens is 2. The Labute approximate surface area is 86.5 Å². The first-order chi connectivity index (χ1) is 7.29. The maximum Gasteiger partial charge on any atom is 0.290 e. The number of rotatable bonds is 2. The Morgan fingerprint density at radius 1 is 1.33 bits per heavy atom. The number of imidazole rings is 1. The fourth-order valence-electron chi connectivity index (χ4n) is 1.21. The maximum absolute atomic E-state index is 11.7. The summed E-state index contributed by atoms with van der Waals surface area (Å²) >= 11 is 0. The molecule has 0 aliphatic rings. The van der Waals surface area contributed by atoms with Crippen molar-refractivity contribution in [2.24, 2.45) is 5.84 Å². The Morgan fingerprint density at radius 2 is 2.07 bits per heavy atom. The lowest BCUT2D eigenvalue weighted by atomic mass is 10.3. The van der Waals surface area contributed by atoms with Crippen LogP contribution in [0.3, 0.4) is 0 Å². The second-order valence-electron chi connectivity index (χ2n) is 2.98. The van der Waals surface area contributed by atoms with Gasteiger partial charge >= 0.3 is 0 Å². The molecule has 15 heavy (non-hydrogen) atoms. The summed E-state index contributed by atoms with van der Waals surface area (Å²) in [4.78, 5) is 18.2. The van der Waals surface area contributed by atoms with Crippen LogP contribution in [0.15, 0.2) is 42.9 Å². The molecular formula is C10H10N4O. The lowest BCUT2D eigenvalue weighted by Gasteiger charge is -2.14. The van der Waals surface area contributed by atoms with Crippen molar-refractivity contribution in [3.8, 4) is 0 Å². The van der Waals surface area contributed by atoms with E-state index in [1.807, 2.05) is 18.2 Å². The van der Waals surface area contributed by atoms with Crippen molar-refractivity contribution >= 4 is 11.6 Å². The van der Waals surface area contributed by atoms with E-state index >= 15 is 0 Å². The number of amides is 1. The van der Waals surface area contributed by atoms with Crippen LogP contribution >= 0.6 is 0 Å². The molecule has 76 valence electrons. The van der Waals surface area contributed by atoms with Crippen LogP contribution in [0, 0.1) is 0 Å². The summed E-state index contributed by atoms with van der Waals surface area (Å²) in [5, 5.41) is 1.08. The molecule has 0 aliphatic carbocycles. The summed E-state index contributed by atoms with van der Waals surface area (Å²) in [7, 11) is 0. The number of nitrogens with two attached hydrogens (primary N) is 1. The molecule has 0 atom stereocenters. The zero-order chi connectivity index (χ0) is 10.7. The van der Waals surface area contributed by atoms with Gasteiger partial charge in [0.05, 0.1) is 18.2 Å². The van der Waals surface area contributed by atoms with Gasteiger partial charge in [0.2, 0.25) is 0 Å². The fraction of sp³-hybridized carbons (Fsp3) is 0. The molecule has 1 amide bonds. The summed E-state index contributed by atoms with van der Waals surface area (Å²) in [6, 6.07) is 9.01. The molecule has 1 heterocycles. The SMILES string of the molecule is NN(C(=O)c1cnc[nH]1)c1ccccc1. The Bertz CT molecular complexity index is 438. The number of anilines is 1. The highest BCUT2D eigenvalue weighted by atomic mass is 16.2. The number of hydrogen-bond donors (Lipinski definition) is 2. The molecule has 0 saturated heterocycles. The third-order valence-electron chi connectivity index (χ3n) is 1.98. The monoisotopic (exact) mass is 202 g/mol. The Kier molecular flexibility index (Phi) is 2.47. The predicted molar refractivity (Wildman–Crippen MR) is 56.0 cm³/mol. The van der Waals surface area contributed by atoms with E-state index in [0.717, 1.165) is 5.01 Å². The quantitative estimate of drug-likeness (QED) is 0.432. The first-order valence-electron chi connectivity index (χ1n) is 4.41. The van der Waals surface area contributed by atoms with Crippen molar-refractivity contribution < 1.29 is 4.79 Å². The van der Waals surface area contributed by atoms with Gasteiger partial charge in [-0.3, -0.25) is 4.79 Å². The smallest absolute Gasteiger partial charge is 0.290 e. The first kappa shape index (κ1) is 9.42. The van der Waals surface area contributed by atoms with Crippen LogP contribution in [-0.4, -0.2) is 15.9 Å². The molecule has 1 aromatic heterocycles. The van der Waals surface area contributed by atoms with E-state index in [0.29, 0.717) is 11.4 Å². The molecule has 0 spiro atoms. The lowest BCUT2D eigenvalue weighted by molar-refractivity contribution is 0.0982. The Balaban J connectivity index is 2.23. The molecule has 0 fully saturated rings. The van der Waals surface area contributed by atoms with Gasteiger partial charge in [0.1, 0.15) is 5.69 Å². The lowest BCUT2D eigenvalue weighted by Crippen LogP contribution is -2.37. The van der Waals surface area contributed by atoms with Crippen molar-refractivity contribution in [2.45, 2.75) is 0 Å². The number of hydrazine groups is 1. The molecule has 0 radical (unpaired) electrons. The number of nitrogens with one attached hydrogen (secondary N) is 1. The van der Waals surface area contributed by atoms with Crippen LogP contribution in [0.1, 0.15) is 10.5 Å². The van der Waals surface area contributed by atoms with Gasteiger partial charge in [-0.1, -0.05) is 18.2 Å². The van der Waals surface area contributed by atoms with Gasteiger partial charge < -0.3 is 4.98 Å². The highest BCUT2D eigenvalue weighted by Gasteiger charge is 2.14. The molecule has 3 N–H and O–H groups in total. The normalized spacial score (nSPS) is 9.93. The van der Waals surface area contributed by atoms with Crippen LogP contribution < -0.4 is 10.9 Å². The van der Waals surface area contributed by atoms with E-state index in [2.05, 4.69) is 9.97 Å². The van der Waals surface area contributed by atoms with Crippen LogP contribution in [0.4, 0.5) is 5.69 Å². The topological polar surface area (TPSA) is 75.0 Å². The van der Waals surface area contributed by atoms with E-state index in [-0.39, 0.29) is 5.91 Å². The minimum absolute atomic E-state index is 0.321. The zero-order valence-electron chi connectivity index (χ0n) is 7.92. The van der Waals surface area contributed by atoms with E-state index in [9.17, 15) is 4.79 Å². The summed E-state index contributed by atoms with van der Waals surface area (Å²) in [5.74, 6) is 5.35. The first-order valence-corrected chi connectivity index (χ1v) is 4.41. The van der Waals surface area contributed by atoms with Gasteiger partial charge in [0.15, 0.2) is 0 Å². The standard InChI is InChI=1S/C10H10N4O/c11-14(8-4-2-1-3-5-8)10(15)9-6-12-7-13-9/h1-7H,11H2,(H,12,13). The van der Waals surface area contributed by atoms with Gasteiger partial charge in [-0.05, 0) is 12.1 Å². The second kappa shape index (κ2) is 3.93. The molecule has 0 aliphatic heterocycles. The van der Waals surface area contributed by atoms with Crippen molar-refractivity contribution in [1.82, 2.24) is 9.97 Å². The van der Waals surface area contributed by atoms with Gasteiger partial charge in [0.25, 0.3) is 5.91 Å². The Hall–Kier alpha value is -2.14. The number of H-pyrrole nitrogens is 1. The molecule has 0 bridgehead atoms. The molecule has 0 saturated carbocycles. The average Bonchev–Trinajstić information content (AvgIpc) is 2.82. The summed E-state index contributed by atoms with van der Waals surface area (Å²) < 4.78 is 0. The third kappa shape index (κ3) is 1.87. The number of carbonyl (C=O) groups excluding carboxylic acids is 1. The minimum Gasteiger partial charge on any atom is -0.341 e. The van der Waals surface area contributed by atoms with Crippen LogP contribution in [0.5, 0.6) is 0 Å². The van der Waals surface area contributed by atoms with E-state index in [1.165, 1.54) is 12.5 Å². The molecule has 5 nitrogen and oxygen atoms in total. The van der Waals surface area contributed by atoms with E-state index in [4.69, 9.17) is 5.84 Å². The van der Waals surface area contributed by atoms with Crippen LogP contribution in [0.25, 0.3) is 0 Å². The number of hydrogen-bond acceptors (Lipinski definition) is 3. The van der Waals surface area contributed by atoms with Crippen molar-refractivity contribution in [3.05, 3.63) is 48.5 Å². The highest BCUT2D eigenvalue weighted by Crippen LogP contribution is 2.11. The van der Waals surface area contributed by atoms with E-state index < -0.39 is 0 Å². The average molecular weight is 202 g/mol. The highest BCUT2D eigenvalue weighted by molar-refractivity contribution is 6.03. The largest absolute Gasteiger partial charge is 0.341 e. The summed E-state index contributed by atoms with van der Waals surface area (Å²) in [6.07, 6.45) is 2.87. The third-order valence-corrected chi connectivity index (χ3v) is 1.98. The van der Waals surface area contributed by atoms with Crippen molar-refractivity contribution in [3.63, 3.8) is 0 Å². The number of para-hydroxylation sites is 1.